The molecule has 1 aliphatic heterocycles. The van der Waals surface area contributed by atoms with Crippen LogP contribution in [0.3, 0.4) is 0 Å². The van der Waals surface area contributed by atoms with Crippen molar-refractivity contribution < 1.29 is 0 Å². The highest BCUT2D eigenvalue weighted by molar-refractivity contribution is 5.76. The Morgan fingerprint density at radius 1 is 0.786 bits per heavy atom. The van der Waals surface area contributed by atoms with E-state index in [9.17, 15) is 0 Å². The third-order valence-corrected chi connectivity index (χ3v) is 5.15. The van der Waals surface area contributed by atoms with Crippen LogP contribution >= 0.6 is 0 Å². The molecule has 1 aliphatic rings. The van der Waals surface area contributed by atoms with E-state index in [2.05, 4.69) is 80.7 Å². The topological polar surface area (TPSA) is 31.7 Å². The van der Waals surface area contributed by atoms with E-state index in [1.54, 1.807) is 0 Å². The van der Waals surface area contributed by atoms with E-state index in [4.69, 9.17) is 0 Å². The normalized spacial score (nSPS) is 15.4. The van der Waals surface area contributed by atoms with Crippen molar-refractivity contribution >= 4 is 6.21 Å². The monoisotopic (exact) mass is 370 g/mol. The summed E-state index contributed by atoms with van der Waals surface area (Å²) in [5.41, 5.74) is 4.61. The van der Waals surface area contributed by atoms with Gasteiger partial charge in [-0.05, 0) is 30.2 Å². The van der Waals surface area contributed by atoms with E-state index in [0.29, 0.717) is 0 Å². The lowest BCUT2D eigenvalue weighted by atomic mass is 9.96. The van der Waals surface area contributed by atoms with Gasteiger partial charge in [0.1, 0.15) is 0 Å². The first-order valence-corrected chi connectivity index (χ1v) is 9.86. The second-order valence-electron chi connectivity index (χ2n) is 7.16. The molecule has 0 N–H and O–H groups in total. The smallest absolute Gasteiger partial charge is 0.0833 e. The van der Waals surface area contributed by atoms with Crippen molar-refractivity contribution in [3.8, 4) is 0 Å². The highest BCUT2D eigenvalue weighted by Crippen LogP contribution is 2.29. The minimum Gasteiger partial charge on any atom is -0.294 e. The van der Waals surface area contributed by atoms with Crippen LogP contribution in [0.25, 0.3) is 0 Å². The van der Waals surface area contributed by atoms with E-state index in [0.717, 1.165) is 37.6 Å². The molecule has 0 bridgehead atoms. The van der Waals surface area contributed by atoms with Crippen LogP contribution in [-0.2, 0) is 0 Å². The van der Waals surface area contributed by atoms with Gasteiger partial charge in [0.2, 0.25) is 0 Å². The van der Waals surface area contributed by atoms with E-state index < -0.39 is 0 Å². The van der Waals surface area contributed by atoms with Gasteiger partial charge in [0.25, 0.3) is 0 Å². The van der Waals surface area contributed by atoms with Crippen molar-refractivity contribution in [2.75, 3.05) is 26.2 Å². The summed E-state index contributed by atoms with van der Waals surface area (Å²) in [4.78, 5) is 7.05. The van der Waals surface area contributed by atoms with Crippen LogP contribution in [0.2, 0.25) is 0 Å². The number of piperazine rings is 1. The molecule has 0 radical (unpaired) electrons. The molecule has 4 nitrogen and oxygen atoms in total. The molecule has 28 heavy (non-hydrogen) atoms. The number of hydrazone groups is 1. The summed E-state index contributed by atoms with van der Waals surface area (Å²) in [6, 6.07) is 27.9. The average Bonchev–Trinajstić information content (AvgIpc) is 2.75. The maximum absolute atomic E-state index is 4.65. The van der Waals surface area contributed by atoms with E-state index in [1.165, 1.54) is 11.1 Å². The number of pyridine rings is 1. The third-order valence-electron chi connectivity index (χ3n) is 5.15. The zero-order chi connectivity index (χ0) is 19.2. The lowest BCUT2D eigenvalue weighted by Gasteiger charge is -2.38. The van der Waals surface area contributed by atoms with Crippen LogP contribution in [0.4, 0.5) is 0 Å². The molecule has 2 aromatic carbocycles. The zero-order valence-corrected chi connectivity index (χ0v) is 16.3. The first kappa shape index (κ1) is 18.4. The van der Waals surface area contributed by atoms with Crippen LogP contribution in [0.1, 0.15) is 28.6 Å². The molecule has 0 aliphatic carbocycles. The number of hydrogen-bond acceptors (Lipinski definition) is 4. The Hall–Kier alpha value is -2.98. The molecule has 142 valence electrons. The van der Waals surface area contributed by atoms with Crippen molar-refractivity contribution in [3.63, 3.8) is 0 Å². The molecule has 3 aromatic rings. The molecular formula is C24H26N4. The Balaban J connectivity index is 1.46. The van der Waals surface area contributed by atoms with Crippen LogP contribution in [0, 0.1) is 6.92 Å². The summed E-state index contributed by atoms with van der Waals surface area (Å²) in [5.74, 6) is 0. The van der Waals surface area contributed by atoms with Crippen molar-refractivity contribution in [3.05, 3.63) is 101 Å². The summed E-state index contributed by atoms with van der Waals surface area (Å²) in [5, 5.41) is 6.80. The molecule has 2 heterocycles. The highest BCUT2D eigenvalue weighted by Gasteiger charge is 2.25. The summed E-state index contributed by atoms with van der Waals surface area (Å²) >= 11 is 0. The SMILES string of the molecule is Cc1cccc(C=NN2CCN(C(c3ccccc3)c3ccccc3)CC2)n1. The maximum Gasteiger partial charge on any atom is 0.0833 e. The predicted molar refractivity (Wildman–Crippen MR) is 114 cm³/mol. The van der Waals surface area contributed by atoms with Gasteiger partial charge in [-0.15, -0.1) is 0 Å². The minimum absolute atomic E-state index is 0.284. The quantitative estimate of drug-likeness (QED) is 0.633. The Labute approximate surface area is 167 Å². The van der Waals surface area contributed by atoms with Gasteiger partial charge in [-0.3, -0.25) is 14.9 Å². The van der Waals surface area contributed by atoms with Gasteiger partial charge in [-0.25, -0.2) is 0 Å². The van der Waals surface area contributed by atoms with E-state index in [1.807, 2.05) is 31.3 Å². The fraction of sp³-hybridized carbons (Fsp3) is 0.250. The van der Waals surface area contributed by atoms with Crippen molar-refractivity contribution in [2.45, 2.75) is 13.0 Å². The molecule has 4 rings (SSSR count). The lowest BCUT2D eigenvalue weighted by molar-refractivity contribution is 0.113. The largest absolute Gasteiger partial charge is 0.294 e. The van der Waals surface area contributed by atoms with Gasteiger partial charge in [0.15, 0.2) is 0 Å². The maximum atomic E-state index is 4.65. The molecule has 4 heteroatoms. The number of rotatable bonds is 5. The van der Waals surface area contributed by atoms with Crippen LogP contribution in [-0.4, -0.2) is 47.3 Å². The third kappa shape index (κ3) is 4.46. The predicted octanol–water partition coefficient (Wildman–Crippen LogP) is 4.13. The van der Waals surface area contributed by atoms with Gasteiger partial charge in [-0.2, -0.15) is 5.10 Å². The number of aromatic nitrogens is 1. The van der Waals surface area contributed by atoms with E-state index >= 15 is 0 Å². The molecule has 0 unspecified atom stereocenters. The van der Waals surface area contributed by atoms with Crippen LogP contribution < -0.4 is 0 Å². The standard InChI is InChI=1S/C24H26N4/c1-20-9-8-14-23(26-20)19-25-28-17-15-27(16-18-28)24(21-10-4-2-5-11-21)22-12-6-3-7-13-22/h2-14,19,24H,15-18H2,1H3. The molecule has 0 spiro atoms. The highest BCUT2D eigenvalue weighted by atomic mass is 15.5. The van der Waals surface area contributed by atoms with Gasteiger partial charge in [0.05, 0.1) is 18.0 Å². The van der Waals surface area contributed by atoms with Gasteiger partial charge < -0.3 is 0 Å². The van der Waals surface area contributed by atoms with Crippen molar-refractivity contribution in [1.82, 2.24) is 14.9 Å². The summed E-state index contributed by atoms with van der Waals surface area (Å²) in [6.45, 7) is 5.79. The average molecular weight is 371 g/mol. The van der Waals surface area contributed by atoms with Gasteiger partial charge in [0, 0.05) is 31.9 Å². The first-order valence-electron chi connectivity index (χ1n) is 9.86. The molecule has 1 fully saturated rings. The second-order valence-corrected chi connectivity index (χ2v) is 7.16. The molecule has 1 saturated heterocycles. The number of benzene rings is 2. The molecule has 0 atom stereocenters. The summed E-state index contributed by atoms with van der Waals surface area (Å²) in [7, 11) is 0. The molecule has 1 aromatic heterocycles. The summed E-state index contributed by atoms with van der Waals surface area (Å²) < 4.78 is 0. The van der Waals surface area contributed by atoms with Crippen molar-refractivity contribution in [1.29, 1.82) is 0 Å². The number of aryl methyl sites for hydroxylation is 1. The van der Waals surface area contributed by atoms with Gasteiger partial charge in [-0.1, -0.05) is 66.7 Å². The Morgan fingerprint density at radius 2 is 1.39 bits per heavy atom. The Kier molecular flexibility index (Phi) is 5.78. The molecule has 0 amide bonds. The van der Waals surface area contributed by atoms with Crippen LogP contribution in [0.15, 0.2) is 84.0 Å². The fourth-order valence-corrected chi connectivity index (χ4v) is 3.75. The summed E-state index contributed by atoms with van der Waals surface area (Å²) in [6.07, 6.45) is 1.87. The fourth-order valence-electron chi connectivity index (χ4n) is 3.75. The first-order chi connectivity index (χ1) is 13.8. The van der Waals surface area contributed by atoms with Gasteiger partial charge >= 0.3 is 0 Å². The lowest BCUT2D eigenvalue weighted by Crippen LogP contribution is -2.45. The Morgan fingerprint density at radius 3 is 1.96 bits per heavy atom. The minimum atomic E-state index is 0.284. The van der Waals surface area contributed by atoms with Crippen molar-refractivity contribution in [2.24, 2.45) is 5.10 Å². The number of hydrogen-bond donors (Lipinski definition) is 0. The van der Waals surface area contributed by atoms with E-state index in [-0.39, 0.29) is 6.04 Å². The zero-order valence-electron chi connectivity index (χ0n) is 16.3. The number of nitrogens with zero attached hydrogens (tertiary/aromatic N) is 4. The van der Waals surface area contributed by atoms with Crippen LogP contribution in [0.5, 0.6) is 0 Å². The second kappa shape index (κ2) is 8.81. The Bertz CT molecular complexity index is 861. The molecule has 0 saturated carbocycles. The molecular weight excluding hydrogens is 344 g/mol.